The van der Waals surface area contributed by atoms with E-state index < -0.39 is 10.8 Å². The molecule has 3 N–H and O–H groups in total. The minimum atomic E-state index is -0.783. The van der Waals surface area contributed by atoms with E-state index in [-0.39, 0.29) is 29.2 Å². The Kier molecular flexibility index (Phi) is 5.67. The molecule has 0 saturated heterocycles. The topological polar surface area (TPSA) is 138 Å². The fraction of sp³-hybridized carbons (Fsp3) is 0.136. The van der Waals surface area contributed by atoms with Crippen molar-refractivity contribution in [2.45, 2.75) is 13.1 Å². The average molecular weight is 432 g/mol. The molecule has 0 saturated carbocycles. The maximum absolute atomic E-state index is 11.5. The molecular formula is C22H20N6O4. The SMILES string of the molecule is COc1cc(C(N)=O)cc([N+](=O)[O-])c1NCc1cn(Cc2ccc3ccccc3c2)nn1. The quantitative estimate of drug-likeness (QED) is 0.322. The Morgan fingerprint density at radius 1 is 1.19 bits per heavy atom. The Balaban J connectivity index is 1.51. The first kappa shape index (κ1) is 20.8. The van der Waals surface area contributed by atoms with Crippen LogP contribution in [-0.4, -0.2) is 32.9 Å². The van der Waals surface area contributed by atoms with Gasteiger partial charge in [-0.3, -0.25) is 14.9 Å². The fourth-order valence-electron chi connectivity index (χ4n) is 3.43. The molecule has 4 aromatic rings. The van der Waals surface area contributed by atoms with Gasteiger partial charge in [0.1, 0.15) is 11.4 Å². The van der Waals surface area contributed by atoms with Crippen LogP contribution in [0, 0.1) is 10.1 Å². The number of nitrogens with two attached hydrogens (primary N) is 1. The highest BCUT2D eigenvalue weighted by atomic mass is 16.6. The molecule has 32 heavy (non-hydrogen) atoms. The predicted molar refractivity (Wildman–Crippen MR) is 119 cm³/mol. The van der Waals surface area contributed by atoms with Gasteiger partial charge >= 0.3 is 0 Å². The number of primary amides is 1. The van der Waals surface area contributed by atoms with Gasteiger partial charge in [-0.2, -0.15) is 0 Å². The lowest BCUT2D eigenvalue weighted by Gasteiger charge is -2.11. The molecule has 1 amide bonds. The smallest absolute Gasteiger partial charge is 0.296 e. The highest BCUT2D eigenvalue weighted by Crippen LogP contribution is 2.36. The van der Waals surface area contributed by atoms with Crippen molar-refractivity contribution in [1.29, 1.82) is 0 Å². The van der Waals surface area contributed by atoms with Gasteiger partial charge in [-0.25, -0.2) is 4.68 Å². The molecular weight excluding hydrogens is 412 g/mol. The number of nitro benzene ring substituents is 1. The molecule has 0 aliphatic heterocycles. The van der Waals surface area contributed by atoms with Crippen molar-refractivity contribution in [3.63, 3.8) is 0 Å². The Morgan fingerprint density at radius 2 is 1.97 bits per heavy atom. The summed E-state index contributed by atoms with van der Waals surface area (Å²) in [6, 6.07) is 16.8. The lowest BCUT2D eigenvalue weighted by Crippen LogP contribution is -2.13. The fourth-order valence-corrected chi connectivity index (χ4v) is 3.43. The number of benzene rings is 3. The third-order valence-corrected chi connectivity index (χ3v) is 4.97. The number of hydrogen-bond donors (Lipinski definition) is 2. The molecule has 0 aliphatic rings. The minimum absolute atomic E-state index is 0.0135. The van der Waals surface area contributed by atoms with E-state index in [1.165, 1.54) is 13.2 Å². The first-order chi connectivity index (χ1) is 15.4. The number of carbonyl (C=O) groups is 1. The highest BCUT2D eigenvalue weighted by molar-refractivity contribution is 5.95. The zero-order valence-electron chi connectivity index (χ0n) is 17.2. The standard InChI is InChI=1S/C22H20N6O4/c1-32-20-10-17(22(23)29)9-19(28(30)31)21(20)24-11-18-13-27(26-25-18)12-14-6-7-15-4-2-3-5-16(15)8-14/h2-10,13,24H,11-12H2,1H3,(H2,23,29). The van der Waals surface area contributed by atoms with Crippen molar-refractivity contribution in [3.8, 4) is 5.75 Å². The van der Waals surface area contributed by atoms with E-state index in [1.54, 1.807) is 10.9 Å². The molecule has 0 atom stereocenters. The number of aromatic nitrogens is 3. The summed E-state index contributed by atoms with van der Waals surface area (Å²) in [6.07, 6.45) is 1.76. The van der Waals surface area contributed by atoms with Crippen LogP contribution < -0.4 is 15.8 Å². The number of nitrogens with one attached hydrogen (secondary N) is 1. The van der Waals surface area contributed by atoms with Crippen LogP contribution in [0.1, 0.15) is 21.6 Å². The highest BCUT2D eigenvalue weighted by Gasteiger charge is 2.22. The number of hydrogen-bond acceptors (Lipinski definition) is 7. The third kappa shape index (κ3) is 4.33. The van der Waals surface area contributed by atoms with Crippen LogP contribution in [0.2, 0.25) is 0 Å². The van der Waals surface area contributed by atoms with Crippen LogP contribution in [0.3, 0.4) is 0 Å². The van der Waals surface area contributed by atoms with Gasteiger partial charge < -0.3 is 15.8 Å². The number of amides is 1. The van der Waals surface area contributed by atoms with Crippen LogP contribution in [0.5, 0.6) is 5.75 Å². The summed E-state index contributed by atoms with van der Waals surface area (Å²) in [5, 5.41) is 25.0. The second-order valence-electron chi connectivity index (χ2n) is 7.14. The Bertz CT molecular complexity index is 1320. The van der Waals surface area contributed by atoms with Crippen molar-refractivity contribution in [2.75, 3.05) is 12.4 Å². The second kappa shape index (κ2) is 8.72. The molecule has 0 spiro atoms. The Labute approximate surface area is 182 Å². The van der Waals surface area contributed by atoms with Gasteiger partial charge in [0.05, 0.1) is 31.3 Å². The van der Waals surface area contributed by atoms with Gasteiger partial charge in [0.25, 0.3) is 5.69 Å². The van der Waals surface area contributed by atoms with E-state index in [0.717, 1.165) is 22.4 Å². The number of nitrogens with zero attached hydrogens (tertiary/aromatic N) is 4. The molecule has 0 radical (unpaired) electrons. The van der Waals surface area contributed by atoms with Gasteiger partial charge in [-0.1, -0.05) is 41.6 Å². The van der Waals surface area contributed by atoms with Crippen molar-refractivity contribution in [2.24, 2.45) is 5.73 Å². The predicted octanol–water partition coefficient (Wildman–Crippen LogP) is 3.11. The average Bonchev–Trinajstić information content (AvgIpc) is 3.24. The van der Waals surface area contributed by atoms with E-state index in [0.29, 0.717) is 12.2 Å². The van der Waals surface area contributed by atoms with Crippen molar-refractivity contribution in [1.82, 2.24) is 15.0 Å². The summed E-state index contributed by atoms with van der Waals surface area (Å²) in [5.74, 6) is -0.647. The molecule has 0 bridgehead atoms. The number of rotatable bonds is 8. The third-order valence-electron chi connectivity index (χ3n) is 4.97. The lowest BCUT2D eigenvalue weighted by atomic mass is 10.1. The van der Waals surface area contributed by atoms with E-state index in [1.807, 2.05) is 18.2 Å². The minimum Gasteiger partial charge on any atom is -0.494 e. The van der Waals surface area contributed by atoms with Gasteiger partial charge in [0.15, 0.2) is 5.69 Å². The first-order valence-electron chi connectivity index (χ1n) is 9.71. The number of carbonyl (C=O) groups excluding carboxylic acids is 1. The van der Waals surface area contributed by atoms with Crippen LogP contribution >= 0.6 is 0 Å². The number of ether oxygens (including phenoxy) is 1. The monoisotopic (exact) mass is 432 g/mol. The molecule has 3 aromatic carbocycles. The van der Waals surface area contributed by atoms with Gasteiger partial charge in [0, 0.05) is 11.6 Å². The molecule has 4 rings (SSSR count). The van der Waals surface area contributed by atoms with E-state index >= 15 is 0 Å². The molecule has 1 aromatic heterocycles. The Hall–Kier alpha value is -4.47. The number of anilines is 1. The van der Waals surface area contributed by atoms with Gasteiger partial charge in [0.2, 0.25) is 5.91 Å². The van der Waals surface area contributed by atoms with E-state index in [2.05, 4.69) is 39.9 Å². The van der Waals surface area contributed by atoms with Gasteiger partial charge in [-0.05, 0) is 28.5 Å². The van der Waals surface area contributed by atoms with Crippen molar-refractivity contribution >= 4 is 28.1 Å². The van der Waals surface area contributed by atoms with Crippen molar-refractivity contribution in [3.05, 3.63) is 87.7 Å². The summed E-state index contributed by atoms with van der Waals surface area (Å²) in [6.45, 7) is 0.708. The zero-order chi connectivity index (χ0) is 22.7. The molecule has 10 nitrogen and oxygen atoms in total. The zero-order valence-corrected chi connectivity index (χ0v) is 17.2. The number of nitro groups is 1. The molecule has 0 fully saturated rings. The van der Waals surface area contributed by atoms with Crippen LogP contribution in [0.4, 0.5) is 11.4 Å². The number of methoxy groups -OCH3 is 1. The van der Waals surface area contributed by atoms with E-state index in [9.17, 15) is 14.9 Å². The maximum Gasteiger partial charge on any atom is 0.296 e. The molecule has 0 aliphatic carbocycles. The molecule has 0 unspecified atom stereocenters. The summed E-state index contributed by atoms with van der Waals surface area (Å²) >= 11 is 0. The summed E-state index contributed by atoms with van der Waals surface area (Å²) in [4.78, 5) is 22.4. The summed E-state index contributed by atoms with van der Waals surface area (Å²) in [5.41, 5.74) is 6.72. The van der Waals surface area contributed by atoms with Crippen molar-refractivity contribution < 1.29 is 14.5 Å². The van der Waals surface area contributed by atoms with Gasteiger partial charge in [-0.15, -0.1) is 5.10 Å². The second-order valence-corrected chi connectivity index (χ2v) is 7.14. The Morgan fingerprint density at radius 3 is 2.69 bits per heavy atom. The normalized spacial score (nSPS) is 10.8. The van der Waals surface area contributed by atoms with Crippen LogP contribution in [0.15, 0.2) is 60.8 Å². The van der Waals surface area contributed by atoms with Crippen LogP contribution in [0.25, 0.3) is 10.8 Å². The molecule has 162 valence electrons. The number of fused-ring (bicyclic) bond motifs is 1. The lowest BCUT2D eigenvalue weighted by molar-refractivity contribution is -0.384. The largest absolute Gasteiger partial charge is 0.494 e. The maximum atomic E-state index is 11.5. The van der Waals surface area contributed by atoms with E-state index in [4.69, 9.17) is 10.5 Å². The summed E-state index contributed by atoms with van der Waals surface area (Å²) in [7, 11) is 1.36. The van der Waals surface area contributed by atoms with Crippen LogP contribution in [-0.2, 0) is 13.1 Å². The summed E-state index contributed by atoms with van der Waals surface area (Å²) < 4.78 is 6.92. The molecule has 10 heteroatoms. The first-order valence-corrected chi connectivity index (χ1v) is 9.71. The molecule has 1 heterocycles.